The lowest BCUT2D eigenvalue weighted by atomic mass is 9.70. The molecule has 6 heteroatoms. The lowest BCUT2D eigenvalue weighted by Crippen LogP contribution is -2.57. The van der Waals surface area contributed by atoms with Gasteiger partial charge in [0.25, 0.3) is 0 Å². The number of ether oxygens (including phenoxy) is 2. The Hall–Kier alpha value is -1.08. The lowest BCUT2D eigenvalue weighted by molar-refractivity contribution is -0.246. The van der Waals surface area contributed by atoms with Gasteiger partial charge in [0, 0.05) is 12.8 Å². The average molecular weight is 342 g/mol. The molecule has 1 spiro atoms. The van der Waals surface area contributed by atoms with Crippen LogP contribution in [0.2, 0.25) is 0 Å². The van der Waals surface area contributed by atoms with Crippen molar-refractivity contribution in [2.24, 2.45) is 5.92 Å². The quantitative estimate of drug-likeness (QED) is 0.886. The molecule has 0 radical (unpaired) electrons. The van der Waals surface area contributed by atoms with Gasteiger partial charge in [0.2, 0.25) is 0 Å². The van der Waals surface area contributed by atoms with Crippen molar-refractivity contribution in [2.45, 2.75) is 57.0 Å². The Labute approximate surface area is 140 Å². The SMILES string of the molecule is Cc1cc(F)c(CC(C)C2(O)CCC3(CC2O)OCCO3)cc1F. The van der Waals surface area contributed by atoms with E-state index in [-0.39, 0.29) is 30.4 Å². The molecule has 0 aromatic heterocycles. The number of benzene rings is 1. The fourth-order valence-corrected chi connectivity index (χ4v) is 3.82. The van der Waals surface area contributed by atoms with Crippen LogP contribution < -0.4 is 0 Å². The molecule has 1 aromatic rings. The Bertz CT molecular complexity index is 615. The van der Waals surface area contributed by atoms with Crippen LogP contribution >= 0.6 is 0 Å². The Kier molecular flexibility index (Phi) is 4.68. The minimum Gasteiger partial charge on any atom is -0.390 e. The van der Waals surface area contributed by atoms with Gasteiger partial charge in [-0.1, -0.05) is 6.92 Å². The van der Waals surface area contributed by atoms with Crippen LogP contribution in [0.5, 0.6) is 0 Å². The molecule has 1 aromatic carbocycles. The highest BCUT2D eigenvalue weighted by atomic mass is 19.1. The molecule has 2 fully saturated rings. The van der Waals surface area contributed by atoms with E-state index in [1.165, 1.54) is 13.0 Å². The van der Waals surface area contributed by atoms with Crippen LogP contribution in [0.3, 0.4) is 0 Å². The van der Waals surface area contributed by atoms with Crippen molar-refractivity contribution in [1.82, 2.24) is 0 Å². The lowest BCUT2D eigenvalue weighted by Gasteiger charge is -2.47. The first-order valence-electron chi connectivity index (χ1n) is 8.39. The predicted octanol–water partition coefficient (Wildman–Crippen LogP) is 2.47. The zero-order valence-corrected chi connectivity index (χ0v) is 14.0. The number of aryl methyl sites for hydroxylation is 1. The molecule has 1 saturated carbocycles. The third-order valence-electron chi connectivity index (χ3n) is 5.51. The van der Waals surface area contributed by atoms with Gasteiger partial charge in [-0.3, -0.25) is 0 Å². The van der Waals surface area contributed by atoms with Gasteiger partial charge in [-0.05, 0) is 48.9 Å². The molecule has 2 N–H and O–H groups in total. The van der Waals surface area contributed by atoms with Crippen LogP contribution in [0.1, 0.15) is 37.3 Å². The molecule has 134 valence electrons. The topological polar surface area (TPSA) is 58.9 Å². The van der Waals surface area contributed by atoms with E-state index in [1.807, 2.05) is 0 Å². The maximum atomic E-state index is 14.1. The summed E-state index contributed by atoms with van der Waals surface area (Å²) in [5.74, 6) is -2.22. The molecular weight excluding hydrogens is 318 g/mol. The van der Waals surface area contributed by atoms with Crippen molar-refractivity contribution >= 4 is 0 Å². The fourth-order valence-electron chi connectivity index (χ4n) is 3.82. The Balaban J connectivity index is 1.74. The average Bonchev–Trinajstić information content (AvgIpc) is 2.97. The number of aliphatic hydroxyl groups excluding tert-OH is 1. The zero-order chi connectivity index (χ0) is 17.5. The summed E-state index contributed by atoms with van der Waals surface area (Å²) < 4.78 is 39.0. The molecular formula is C18H24F2O4. The van der Waals surface area contributed by atoms with E-state index in [2.05, 4.69) is 0 Å². The minimum absolute atomic E-state index is 0.144. The van der Waals surface area contributed by atoms with Crippen molar-refractivity contribution in [1.29, 1.82) is 0 Å². The van der Waals surface area contributed by atoms with E-state index in [4.69, 9.17) is 9.47 Å². The van der Waals surface area contributed by atoms with Gasteiger partial charge in [0.1, 0.15) is 11.6 Å². The summed E-state index contributed by atoms with van der Waals surface area (Å²) in [7, 11) is 0. The normalized spacial score (nSPS) is 30.7. The Morgan fingerprint density at radius 1 is 1.21 bits per heavy atom. The first-order chi connectivity index (χ1) is 11.3. The largest absolute Gasteiger partial charge is 0.390 e. The maximum Gasteiger partial charge on any atom is 0.171 e. The number of rotatable bonds is 3. The van der Waals surface area contributed by atoms with E-state index in [1.54, 1.807) is 6.92 Å². The number of hydrogen-bond acceptors (Lipinski definition) is 4. The van der Waals surface area contributed by atoms with Crippen LogP contribution in [0.4, 0.5) is 8.78 Å². The molecule has 3 rings (SSSR count). The first-order valence-corrected chi connectivity index (χ1v) is 8.39. The molecule has 1 aliphatic carbocycles. The van der Waals surface area contributed by atoms with Gasteiger partial charge in [0.15, 0.2) is 5.79 Å². The smallest absolute Gasteiger partial charge is 0.171 e. The van der Waals surface area contributed by atoms with Crippen LogP contribution in [0.15, 0.2) is 12.1 Å². The summed E-state index contributed by atoms with van der Waals surface area (Å²) in [5, 5.41) is 21.4. The van der Waals surface area contributed by atoms with Crippen molar-refractivity contribution in [3.63, 3.8) is 0 Å². The fraction of sp³-hybridized carbons (Fsp3) is 0.667. The Morgan fingerprint density at radius 3 is 2.50 bits per heavy atom. The number of aliphatic hydroxyl groups is 2. The highest BCUT2D eigenvalue weighted by Gasteiger charge is 2.53. The molecule has 2 aliphatic rings. The Morgan fingerprint density at radius 2 is 1.88 bits per heavy atom. The van der Waals surface area contributed by atoms with Crippen LogP contribution in [0.25, 0.3) is 0 Å². The second kappa shape index (κ2) is 6.33. The summed E-state index contributed by atoms with van der Waals surface area (Å²) >= 11 is 0. The third-order valence-corrected chi connectivity index (χ3v) is 5.51. The first kappa shape index (κ1) is 17.7. The number of halogens is 2. The minimum atomic E-state index is -1.38. The van der Waals surface area contributed by atoms with E-state index in [9.17, 15) is 19.0 Å². The van der Waals surface area contributed by atoms with E-state index >= 15 is 0 Å². The van der Waals surface area contributed by atoms with Crippen LogP contribution in [-0.4, -0.2) is 40.9 Å². The molecule has 3 atom stereocenters. The molecule has 4 nitrogen and oxygen atoms in total. The van der Waals surface area contributed by atoms with Gasteiger partial charge < -0.3 is 19.7 Å². The maximum absolute atomic E-state index is 14.1. The van der Waals surface area contributed by atoms with Gasteiger partial charge in [-0.25, -0.2) is 8.78 Å². The molecule has 1 heterocycles. The van der Waals surface area contributed by atoms with E-state index in [0.29, 0.717) is 19.6 Å². The highest BCUT2D eigenvalue weighted by Crippen LogP contribution is 2.44. The predicted molar refractivity (Wildman–Crippen MR) is 83.4 cm³/mol. The zero-order valence-electron chi connectivity index (χ0n) is 14.0. The molecule has 0 amide bonds. The van der Waals surface area contributed by atoms with Gasteiger partial charge >= 0.3 is 0 Å². The van der Waals surface area contributed by atoms with Crippen molar-refractivity contribution in [2.75, 3.05) is 13.2 Å². The summed E-state index contributed by atoms with van der Waals surface area (Å²) in [6, 6.07) is 2.33. The van der Waals surface area contributed by atoms with E-state index in [0.717, 1.165) is 6.07 Å². The van der Waals surface area contributed by atoms with Crippen molar-refractivity contribution in [3.05, 3.63) is 34.9 Å². The van der Waals surface area contributed by atoms with Crippen LogP contribution in [0, 0.1) is 24.5 Å². The molecule has 1 saturated heterocycles. The van der Waals surface area contributed by atoms with E-state index < -0.39 is 35.0 Å². The molecule has 3 unspecified atom stereocenters. The third kappa shape index (κ3) is 3.08. The summed E-state index contributed by atoms with van der Waals surface area (Å²) in [6.07, 6.45) is 0.0304. The number of hydrogen-bond donors (Lipinski definition) is 2. The standard InChI is InChI=1S/C18H24F2O4/c1-11-7-15(20)13(9-14(11)19)8-12(2)18(22)4-3-17(10-16(18)21)23-5-6-24-17/h7,9,12,16,21-22H,3-6,8,10H2,1-2H3. The second-order valence-electron chi connectivity index (χ2n) is 7.12. The van der Waals surface area contributed by atoms with Crippen molar-refractivity contribution in [3.8, 4) is 0 Å². The van der Waals surface area contributed by atoms with Crippen LogP contribution in [-0.2, 0) is 15.9 Å². The monoisotopic (exact) mass is 342 g/mol. The second-order valence-corrected chi connectivity index (χ2v) is 7.12. The summed E-state index contributed by atoms with van der Waals surface area (Å²) in [4.78, 5) is 0. The van der Waals surface area contributed by atoms with Gasteiger partial charge in [0.05, 0.1) is 24.9 Å². The van der Waals surface area contributed by atoms with Gasteiger partial charge in [-0.2, -0.15) is 0 Å². The van der Waals surface area contributed by atoms with Crippen molar-refractivity contribution < 1.29 is 28.5 Å². The summed E-state index contributed by atoms with van der Waals surface area (Å²) in [5.41, 5.74) is -0.924. The highest BCUT2D eigenvalue weighted by molar-refractivity contribution is 5.26. The molecule has 1 aliphatic heterocycles. The molecule has 0 bridgehead atoms. The summed E-state index contributed by atoms with van der Waals surface area (Å²) in [6.45, 7) is 4.21. The molecule has 24 heavy (non-hydrogen) atoms. The van der Waals surface area contributed by atoms with Gasteiger partial charge in [-0.15, -0.1) is 0 Å².